The predicted octanol–water partition coefficient (Wildman–Crippen LogP) is 2.06. The molecule has 1 aromatic carbocycles. The van der Waals surface area contributed by atoms with Gasteiger partial charge in [0.1, 0.15) is 28.3 Å². The number of hydrazine groups is 1. The zero-order valence-electron chi connectivity index (χ0n) is 23.6. The van der Waals surface area contributed by atoms with E-state index in [0.717, 1.165) is 11.5 Å². The number of nitriles is 1. The molecule has 0 spiro atoms. The normalized spacial score (nSPS) is 16.2. The number of amides is 2. The quantitative estimate of drug-likeness (QED) is 0.199. The number of aliphatic imine (C=N–C) groups is 1. The van der Waals surface area contributed by atoms with Crippen LogP contribution in [0.15, 0.2) is 53.6 Å². The third-order valence-electron chi connectivity index (χ3n) is 6.76. The van der Waals surface area contributed by atoms with E-state index in [1.807, 2.05) is 25.9 Å². The maximum atomic E-state index is 13.4. The van der Waals surface area contributed by atoms with Crippen molar-refractivity contribution in [3.05, 3.63) is 59.3 Å². The minimum Gasteiger partial charge on any atom is -0.389 e. The summed E-state index contributed by atoms with van der Waals surface area (Å²) in [5.74, 6) is 0.908. The molecule has 2 aromatic rings. The first-order valence-electron chi connectivity index (χ1n) is 13.2. The van der Waals surface area contributed by atoms with E-state index in [1.165, 1.54) is 29.7 Å². The molecular weight excluding hydrogens is 547 g/mol. The number of urea groups is 1. The number of aromatic nitrogens is 1. The van der Waals surface area contributed by atoms with E-state index in [2.05, 4.69) is 28.7 Å². The summed E-state index contributed by atoms with van der Waals surface area (Å²) in [4.78, 5) is 27.5. The van der Waals surface area contributed by atoms with Gasteiger partial charge in [0.25, 0.3) is 0 Å². The number of thiazole rings is 1. The van der Waals surface area contributed by atoms with E-state index < -0.39 is 6.10 Å². The first kappa shape index (κ1) is 29.6. The third-order valence-corrected chi connectivity index (χ3v) is 7.79. The lowest BCUT2D eigenvalue weighted by Crippen LogP contribution is -2.63. The number of carbonyl (C=O) groups is 1. The van der Waals surface area contributed by atoms with Crippen molar-refractivity contribution in [3.63, 3.8) is 0 Å². The van der Waals surface area contributed by atoms with Gasteiger partial charge in [0, 0.05) is 39.8 Å². The number of aliphatic hydroxyl groups is 1. The smallest absolute Gasteiger partial charge is 0.320 e. The highest BCUT2D eigenvalue weighted by Gasteiger charge is 2.38. The van der Waals surface area contributed by atoms with Gasteiger partial charge in [-0.05, 0) is 36.9 Å². The molecule has 12 nitrogen and oxygen atoms in total. The van der Waals surface area contributed by atoms with Crippen LogP contribution in [0.2, 0.25) is 0 Å². The average molecular weight is 583 g/mol. The van der Waals surface area contributed by atoms with Gasteiger partial charge < -0.3 is 30.4 Å². The van der Waals surface area contributed by atoms with Gasteiger partial charge >= 0.3 is 6.03 Å². The van der Waals surface area contributed by atoms with Crippen LogP contribution in [0.3, 0.4) is 0 Å². The first-order valence-corrected chi connectivity index (χ1v) is 14.0. The minimum atomic E-state index is -0.430. The number of halogens is 1. The van der Waals surface area contributed by atoms with Crippen molar-refractivity contribution < 1.29 is 14.3 Å². The number of nitrogens with one attached hydrogen (secondary N) is 3. The number of rotatable bonds is 9. The number of β-amino-alcohol motifs (C(OH)–C–C–N with tert-alkyl or cyclic N) is 1. The molecule has 4 rings (SSSR count). The van der Waals surface area contributed by atoms with E-state index in [4.69, 9.17) is 9.98 Å². The summed E-state index contributed by atoms with van der Waals surface area (Å²) in [5, 5.41) is 27.8. The Morgan fingerprint density at radius 1 is 1.29 bits per heavy atom. The number of guanidine groups is 1. The molecule has 0 radical (unpaired) electrons. The highest BCUT2D eigenvalue weighted by molar-refractivity contribution is 7.16. The Morgan fingerprint density at radius 2 is 1.95 bits per heavy atom. The van der Waals surface area contributed by atoms with Crippen molar-refractivity contribution in [1.29, 1.82) is 5.26 Å². The lowest BCUT2D eigenvalue weighted by molar-refractivity contribution is 0.00716. The third kappa shape index (κ3) is 6.53. The van der Waals surface area contributed by atoms with Crippen molar-refractivity contribution >= 4 is 28.5 Å². The van der Waals surface area contributed by atoms with Crippen LogP contribution in [0.5, 0.6) is 0 Å². The molecule has 2 aliphatic rings. The highest BCUT2D eigenvalue weighted by atomic mass is 32.1. The van der Waals surface area contributed by atoms with Gasteiger partial charge in [-0.15, -0.1) is 0 Å². The standard InChI is InChI=1S/C27H35FN10O2S/c1-6-21(24(30-3)35(4)26-33-23(22(12-29)41-26)17-8-10-18(28)11-9-17)34-36(5)25(31-7-2)32-19-13-37(14-19)27(40)38-15-20(39)16-38/h7-11,19-20,30,34,39H,2,6,13-16H2,1,3-5H3,(H,31,32)/b24-21+. The van der Waals surface area contributed by atoms with Crippen LogP contribution in [0.1, 0.15) is 18.2 Å². The molecule has 0 aliphatic carbocycles. The van der Waals surface area contributed by atoms with Crippen LogP contribution in [0.25, 0.3) is 11.3 Å². The van der Waals surface area contributed by atoms with Crippen molar-refractivity contribution in [1.82, 2.24) is 35.9 Å². The summed E-state index contributed by atoms with van der Waals surface area (Å²) in [7, 11) is 5.48. The number of anilines is 1. The number of likely N-dealkylation sites (tertiary alicyclic amines) is 2. The molecule has 0 bridgehead atoms. The molecule has 3 heterocycles. The van der Waals surface area contributed by atoms with E-state index >= 15 is 0 Å². The van der Waals surface area contributed by atoms with Gasteiger partial charge in [-0.25, -0.2) is 19.2 Å². The molecule has 4 N–H and O–H groups in total. The monoisotopic (exact) mass is 582 g/mol. The van der Waals surface area contributed by atoms with Crippen LogP contribution in [0.4, 0.5) is 14.3 Å². The second-order valence-corrected chi connectivity index (χ2v) is 10.6. The van der Waals surface area contributed by atoms with Crippen molar-refractivity contribution in [3.8, 4) is 17.3 Å². The molecule has 2 saturated heterocycles. The lowest BCUT2D eigenvalue weighted by Gasteiger charge is -2.44. The largest absolute Gasteiger partial charge is 0.389 e. The molecule has 218 valence electrons. The lowest BCUT2D eigenvalue weighted by atomic mass is 10.1. The van der Waals surface area contributed by atoms with Crippen LogP contribution in [-0.4, -0.2) is 96.4 Å². The molecule has 0 saturated carbocycles. The number of nitrogens with zero attached hydrogens (tertiary/aromatic N) is 7. The van der Waals surface area contributed by atoms with Gasteiger partial charge in [0.05, 0.1) is 30.9 Å². The van der Waals surface area contributed by atoms with E-state index in [0.29, 0.717) is 59.8 Å². The minimum absolute atomic E-state index is 0.0753. The maximum Gasteiger partial charge on any atom is 0.320 e. The predicted molar refractivity (Wildman–Crippen MR) is 157 cm³/mol. The Kier molecular flexibility index (Phi) is 9.31. The van der Waals surface area contributed by atoms with E-state index in [9.17, 15) is 19.6 Å². The van der Waals surface area contributed by atoms with Gasteiger partial charge in [-0.1, -0.05) is 24.8 Å². The zero-order valence-corrected chi connectivity index (χ0v) is 24.4. The molecule has 0 atom stereocenters. The fraction of sp³-hybridized carbons (Fsp3) is 0.407. The number of hydrogen-bond donors (Lipinski definition) is 4. The van der Waals surface area contributed by atoms with Crippen molar-refractivity contribution in [2.24, 2.45) is 4.99 Å². The summed E-state index contributed by atoms with van der Waals surface area (Å²) in [5.41, 5.74) is 5.37. The van der Waals surface area contributed by atoms with Crippen LogP contribution >= 0.6 is 11.3 Å². The fourth-order valence-corrected chi connectivity index (χ4v) is 5.35. The van der Waals surface area contributed by atoms with Crippen molar-refractivity contribution in [2.45, 2.75) is 25.5 Å². The summed E-state index contributed by atoms with van der Waals surface area (Å²) in [6.07, 6.45) is 1.73. The number of carbonyl (C=O) groups excluding carboxylic acids is 1. The van der Waals surface area contributed by atoms with Gasteiger partial charge in [-0.2, -0.15) is 5.26 Å². The highest BCUT2D eigenvalue weighted by Crippen LogP contribution is 2.33. The molecular formula is C27H35FN10O2S. The van der Waals surface area contributed by atoms with Crippen LogP contribution < -0.4 is 21.0 Å². The van der Waals surface area contributed by atoms with E-state index in [-0.39, 0.29) is 17.9 Å². The summed E-state index contributed by atoms with van der Waals surface area (Å²) in [6.45, 7) is 7.50. The topological polar surface area (TPSA) is 135 Å². The second-order valence-electron chi connectivity index (χ2n) is 9.65. The summed E-state index contributed by atoms with van der Waals surface area (Å²) >= 11 is 1.25. The molecule has 14 heteroatoms. The molecule has 2 amide bonds. The Balaban J connectivity index is 1.49. The maximum absolute atomic E-state index is 13.4. The summed E-state index contributed by atoms with van der Waals surface area (Å²) in [6, 6.07) is 7.96. The Hall–Kier alpha value is -4.35. The first-order chi connectivity index (χ1) is 19.7. The summed E-state index contributed by atoms with van der Waals surface area (Å²) < 4.78 is 13.4. The second kappa shape index (κ2) is 12.9. The SMILES string of the molecule is C=CNC(=NC1CN(C(=O)N2CC(O)C2)C1)N(C)N/C(CC)=C(\NC)N(C)c1nc(-c2ccc(F)cc2)c(C#N)s1. The van der Waals surface area contributed by atoms with Gasteiger partial charge in [0.2, 0.25) is 5.96 Å². The molecule has 41 heavy (non-hydrogen) atoms. The fourth-order valence-electron chi connectivity index (χ4n) is 4.49. The number of aliphatic hydroxyl groups excluding tert-OH is 1. The molecule has 2 aliphatic heterocycles. The van der Waals surface area contributed by atoms with Crippen LogP contribution in [-0.2, 0) is 0 Å². The van der Waals surface area contributed by atoms with Crippen molar-refractivity contribution in [2.75, 3.05) is 52.2 Å². The Morgan fingerprint density at radius 3 is 2.51 bits per heavy atom. The van der Waals surface area contributed by atoms with Gasteiger partial charge in [-0.3, -0.25) is 10.4 Å². The molecule has 0 unspecified atom stereocenters. The van der Waals surface area contributed by atoms with Gasteiger partial charge in [0.15, 0.2) is 5.13 Å². The molecule has 2 fully saturated rings. The van der Waals surface area contributed by atoms with Crippen LogP contribution in [0, 0.1) is 17.1 Å². The number of hydrogen-bond acceptors (Lipinski definition) is 9. The van der Waals surface area contributed by atoms with E-state index in [1.54, 1.807) is 34.0 Å². The Labute approximate surface area is 243 Å². The zero-order chi connectivity index (χ0) is 29.7. The Bertz CT molecular complexity index is 1360. The average Bonchev–Trinajstić information content (AvgIpc) is 3.36. The molecule has 1 aromatic heterocycles. The number of allylic oxidation sites excluding steroid dienone is 1. The number of benzene rings is 1.